The molecule has 0 saturated heterocycles. The van der Waals surface area contributed by atoms with Gasteiger partial charge in [0.1, 0.15) is 12.2 Å². The minimum Gasteiger partial charge on any atom is -0.453 e. The third kappa shape index (κ3) is 4.66. The van der Waals surface area contributed by atoms with Gasteiger partial charge in [-0.1, -0.05) is 23.2 Å². The number of rotatable bonds is 5. The number of aromatic amines is 1. The highest BCUT2D eigenvalue weighted by molar-refractivity contribution is 6.31. The number of nitrogens with zero attached hydrogens (tertiary/aromatic N) is 6. The highest BCUT2D eigenvalue weighted by atomic mass is 35.5. The van der Waals surface area contributed by atoms with Gasteiger partial charge in [0.2, 0.25) is 0 Å². The Morgan fingerprint density at radius 1 is 1.10 bits per heavy atom. The van der Waals surface area contributed by atoms with Crippen molar-refractivity contribution in [1.82, 2.24) is 34.7 Å². The summed E-state index contributed by atoms with van der Waals surface area (Å²) in [4.78, 5) is 32.7. The van der Waals surface area contributed by atoms with Crippen molar-refractivity contribution in [3.8, 4) is 28.2 Å². The van der Waals surface area contributed by atoms with E-state index in [2.05, 4.69) is 35.5 Å². The van der Waals surface area contributed by atoms with Crippen LogP contribution >= 0.6 is 23.2 Å². The number of aryl methyl sites for hydroxylation is 1. The van der Waals surface area contributed by atoms with Crippen molar-refractivity contribution in [2.75, 3.05) is 12.4 Å². The second-order valence-corrected chi connectivity index (χ2v) is 9.69. The monoisotopic (exact) mass is 562 g/mol. The van der Waals surface area contributed by atoms with E-state index in [-0.39, 0.29) is 11.6 Å². The number of benzene rings is 2. The van der Waals surface area contributed by atoms with Gasteiger partial charge in [-0.05, 0) is 77.4 Å². The normalized spacial score (nSPS) is 14.3. The molecule has 11 nitrogen and oxygen atoms in total. The summed E-state index contributed by atoms with van der Waals surface area (Å²) in [5, 5.41) is 14.9. The zero-order valence-corrected chi connectivity index (χ0v) is 21.9. The van der Waals surface area contributed by atoms with E-state index in [1.165, 1.54) is 18.1 Å². The van der Waals surface area contributed by atoms with Crippen LogP contribution in [0, 0.1) is 0 Å². The Labute approximate surface area is 231 Å². The van der Waals surface area contributed by atoms with Gasteiger partial charge >= 0.3 is 6.09 Å². The highest BCUT2D eigenvalue weighted by Crippen LogP contribution is 2.37. The number of imidazole rings is 1. The van der Waals surface area contributed by atoms with Crippen molar-refractivity contribution in [1.29, 1.82) is 0 Å². The fourth-order valence-corrected chi connectivity index (χ4v) is 5.27. The van der Waals surface area contributed by atoms with Crippen molar-refractivity contribution < 1.29 is 9.53 Å². The van der Waals surface area contributed by atoms with Gasteiger partial charge in [0.15, 0.2) is 5.15 Å². The molecule has 13 heteroatoms. The summed E-state index contributed by atoms with van der Waals surface area (Å²) < 4.78 is 7.89. The quantitative estimate of drug-likeness (QED) is 0.311. The molecule has 0 radical (unpaired) electrons. The number of carbonyl (C=O) groups is 1. The van der Waals surface area contributed by atoms with Crippen molar-refractivity contribution in [3.05, 3.63) is 92.8 Å². The summed E-state index contributed by atoms with van der Waals surface area (Å²) in [5.41, 5.74) is 4.89. The van der Waals surface area contributed by atoms with Crippen LogP contribution in [0.2, 0.25) is 10.2 Å². The van der Waals surface area contributed by atoms with E-state index in [0.717, 1.165) is 22.4 Å². The lowest BCUT2D eigenvalue weighted by Gasteiger charge is -2.15. The third-order valence-electron chi connectivity index (χ3n) is 6.61. The molecule has 3 aromatic heterocycles. The lowest BCUT2D eigenvalue weighted by molar-refractivity contribution is 0.187. The molecule has 0 aliphatic carbocycles. The lowest BCUT2D eigenvalue weighted by Crippen LogP contribution is -2.23. The molecule has 2 aromatic carbocycles. The first-order chi connectivity index (χ1) is 18.9. The molecular formula is C26H20Cl2N8O3. The molecule has 39 heavy (non-hydrogen) atoms. The van der Waals surface area contributed by atoms with Crippen LogP contribution in [0.3, 0.4) is 0 Å². The van der Waals surface area contributed by atoms with Gasteiger partial charge in [0.05, 0.1) is 24.5 Å². The summed E-state index contributed by atoms with van der Waals surface area (Å²) >= 11 is 12.9. The Bertz CT molecular complexity index is 1750. The molecule has 6 rings (SSSR count). The van der Waals surface area contributed by atoms with E-state index in [0.29, 0.717) is 45.9 Å². The first-order valence-corrected chi connectivity index (χ1v) is 12.7. The molecule has 0 fully saturated rings. The van der Waals surface area contributed by atoms with Crippen LogP contribution in [0.5, 0.6) is 0 Å². The smallest absolute Gasteiger partial charge is 0.411 e. The number of hydrogen-bond acceptors (Lipinski definition) is 7. The molecule has 1 amide bonds. The molecule has 4 heterocycles. The van der Waals surface area contributed by atoms with Crippen molar-refractivity contribution in [2.24, 2.45) is 0 Å². The Kier molecular flexibility index (Phi) is 6.37. The van der Waals surface area contributed by atoms with E-state index in [9.17, 15) is 9.59 Å². The average molecular weight is 563 g/mol. The molecular weight excluding hydrogens is 543 g/mol. The number of amides is 1. The minimum atomic E-state index is -0.554. The van der Waals surface area contributed by atoms with Crippen LogP contribution in [-0.4, -0.2) is 47.9 Å². The van der Waals surface area contributed by atoms with Crippen LogP contribution < -0.4 is 10.9 Å². The summed E-state index contributed by atoms with van der Waals surface area (Å²) in [5.74, 6) is 0.558. The molecule has 0 spiro atoms. The molecule has 5 aromatic rings. The van der Waals surface area contributed by atoms with Crippen molar-refractivity contribution in [2.45, 2.75) is 18.9 Å². The first-order valence-electron chi connectivity index (χ1n) is 11.9. The number of tetrazole rings is 1. The first kappa shape index (κ1) is 24.8. The maximum absolute atomic E-state index is 13.5. The van der Waals surface area contributed by atoms with E-state index >= 15 is 0 Å². The molecule has 1 aliphatic heterocycles. The van der Waals surface area contributed by atoms with E-state index in [4.69, 9.17) is 23.2 Å². The molecule has 0 saturated carbocycles. The van der Waals surface area contributed by atoms with Gasteiger partial charge in [-0.25, -0.2) is 9.78 Å². The Hall–Kier alpha value is -4.48. The van der Waals surface area contributed by atoms with Gasteiger partial charge in [-0.15, -0.1) is 5.10 Å². The number of fused-ring (bicyclic) bond motifs is 1. The van der Waals surface area contributed by atoms with E-state index < -0.39 is 6.09 Å². The largest absolute Gasteiger partial charge is 0.453 e. The van der Waals surface area contributed by atoms with Crippen LogP contribution in [-0.2, 0) is 11.2 Å². The summed E-state index contributed by atoms with van der Waals surface area (Å²) in [6.45, 7) is 0. The maximum Gasteiger partial charge on any atom is 0.411 e. The fraction of sp³-hybridized carbons (Fsp3) is 0.154. The molecule has 0 unspecified atom stereocenters. The number of methoxy groups -OCH3 is 1. The minimum absolute atomic E-state index is 0.168. The van der Waals surface area contributed by atoms with Crippen LogP contribution in [0.1, 0.15) is 23.9 Å². The maximum atomic E-state index is 13.5. The number of ether oxygens (including phenoxy) is 1. The Morgan fingerprint density at radius 2 is 1.92 bits per heavy atom. The number of halogens is 2. The Balaban J connectivity index is 1.33. The van der Waals surface area contributed by atoms with Crippen molar-refractivity contribution >= 4 is 35.0 Å². The van der Waals surface area contributed by atoms with Crippen LogP contribution in [0.25, 0.3) is 28.2 Å². The van der Waals surface area contributed by atoms with E-state index in [1.807, 2.05) is 12.1 Å². The molecule has 2 N–H and O–H groups in total. The summed E-state index contributed by atoms with van der Waals surface area (Å²) in [6, 6.07) is 15.7. The lowest BCUT2D eigenvalue weighted by atomic mass is 10.0. The summed E-state index contributed by atoms with van der Waals surface area (Å²) in [6.07, 6.45) is 2.29. The molecule has 1 atom stereocenters. The molecule has 196 valence electrons. The van der Waals surface area contributed by atoms with Gasteiger partial charge in [0, 0.05) is 33.6 Å². The van der Waals surface area contributed by atoms with E-state index in [1.54, 1.807) is 47.0 Å². The van der Waals surface area contributed by atoms with Gasteiger partial charge in [-0.2, -0.15) is 4.68 Å². The van der Waals surface area contributed by atoms with Crippen LogP contribution in [0.4, 0.5) is 10.5 Å². The number of anilines is 1. The SMILES string of the molecule is COC(=O)Nc1ccc(-c2nc(Cl)c([C@@H]3CCc4cc(-c5cc(Cl)ccc5-n5cnnn5)cc(=O)n43)[nH]2)cc1. The number of H-pyrrole nitrogens is 1. The predicted octanol–water partition coefficient (Wildman–Crippen LogP) is 4.90. The fourth-order valence-electron chi connectivity index (χ4n) is 4.84. The number of pyridine rings is 1. The zero-order valence-electron chi connectivity index (χ0n) is 20.4. The molecule has 0 bridgehead atoms. The standard InChI is InChI=1S/C26H20Cl2N8O3/c1-39-26(38)30-17-5-2-14(3-6-17)25-31-23(24(28)32-25)21-9-7-18-10-15(11-22(37)36(18)21)19-12-16(27)4-8-20(19)35-13-29-33-34-35/h2-6,8,10-13,21H,7,9H2,1H3,(H,30,38)(H,31,32)/t21-/m0/s1. The van der Waals surface area contributed by atoms with Gasteiger partial charge < -0.3 is 14.3 Å². The number of hydrogen-bond donors (Lipinski definition) is 2. The topological polar surface area (TPSA) is 133 Å². The number of aromatic nitrogens is 7. The Morgan fingerprint density at radius 3 is 2.67 bits per heavy atom. The number of carbonyl (C=O) groups excluding carboxylic acids is 1. The van der Waals surface area contributed by atoms with Gasteiger partial charge in [-0.3, -0.25) is 10.1 Å². The zero-order chi connectivity index (χ0) is 27.1. The average Bonchev–Trinajstić information content (AvgIpc) is 3.69. The van der Waals surface area contributed by atoms with Crippen LogP contribution in [0.15, 0.2) is 65.7 Å². The van der Waals surface area contributed by atoms with Gasteiger partial charge in [0.25, 0.3) is 5.56 Å². The highest BCUT2D eigenvalue weighted by Gasteiger charge is 2.29. The second-order valence-electron chi connectivity index (χ2n) is 8.90. The summed E-state index contributed by atoms with van der Waals surface area (Å²) in [7, 11) is 1.30. The number of nitrogens with one attached hydrogen (secondary N) is 2. The second kappa shape index (κ2) is 10.0. The van der Waals surface area contributed by atoms with Crippen molar-refractivity contribution in [3.63, 3.8) is 0 Å². The predicted molar refractivity (Wildman–Crippen MR) is 145 cm³/mol. The molecule has 1 aliphatic rings. The third-order valence-corrected chi connectivity index (χ3v) is 7.13.